The van der Waals surface area contributed by atoms with Crippen LogP contribution in [0.3, 0.4) is 0 Å². The molecule has 2 aromatic heterocycles. The molecule has 1 aromatic carbocycles. The van der Waals surface area contributed by atoms with Crippen LogP contribution in [0.2, 0.25) is 0 Å². The van der Waals surface area contributed by atoms with Crippen LogP contribution in [0.1, 0.15) is 29.8 Å². The van der Waals surface area contributed by atoms with E-state index >= 15 is 0 Å². The Morgan fingerprint density at radius 2 is 2.00 bits per heavy atom. The van der Waals surface area contributed by atoms with Gasteiger partial charge in [-0.2, -0.15) is 0 Å². The third kappa shape index (κ3) is 2.74. The Morgan fingerprint density at radius 3 is 2.71 bits per heavy atom. The van der Waals surface area contributed by atoms with Crippen LogP contribution in [0, 0.1) is 0 Å². The molecule has 2 heterocycles. The molecule has 0 spiro atoms. The summed E-state index contributed by atoms with van der Waals surface area (Å²) in [6.45, 7) is 4.36. The molecule has 21 heavy (non-hydrogen) atoms. The molecule has 2 nitrogen and oxygen atoms in total. The fourth-order valence-corrected chi connectivity index (χ4v) is 4.51. The van der Waals surface area contributed by atoms with Gasteiger partial charge in [-0.05, 0) is 54.1 Å². The standard InChI is InChI=1S/C17H16O2S2/c1-3-11-5-6-12(17(18)19-4-2)9-13(11)15-10-16-14(21-15)7-8-20-16/h5-10H,3-4H2,1-2H3. The van der Waals surface area contributed by atoms with Gasteiger partial charge >= 0.3 is 5.97 Å². The summed E-state index contributed by atoms with van der Waals surface area (Å²) in [5, 5.41) is 2.11. The molecule has 0 atom stereocenters. The molecule has 0 saturated heterocycles. The van der Waals surface area contributed by atoms with Crippen molar-refractivity contribution in [1.82, 2.24) is 0 Å². The van der Waals surface area contributed by atoms with Crippen LogP contribution in [0.5, 0.6) is 0 Å². The summed E-state index contributed by atoms with van der Waals surface area (Å²) in [6, 6.07) is 10.2. The minimum Gasteiger partial charge on any atom is -0.462 e. The molecule has 0 aliphatic heterocycles. The summed E-state index contributed by atoms with van der Waals surface area (Å²) in [6.07, 6.45) is 0.948. The Bertz CT molecular complexity index is 755. The maximum Gasteiger partial charge on any atom is 0.338 e. The predicted octanol–water partition coefficient (Wildman–Crippen LogP) is 5.37. The number of aryl methyl sites for hydroxylation is 1. The Morgan fingerprint density at radius 1 is 1.14 bits per heavy atom. The number of hydrogen-bond acceptors (Lipinski definition) is 4. The van der Waals surface area contributed by atoms with E-state index < -0.39 is 0 Å². The molecular formula is C17H16O2S2. The number of carbonyl (C=O) groups excluding carboxylic acids is 1. The highest BCUT2D eigenvalue weighted by atomic mass is 32.1. The van der Waals surface area contributed by atoms with Gasteiger partial charge in [0.1, 0.15) is 0 Å². The van der Waals surface area contributed by atoms with Crippen LogP contribution in [0.25, 0.3) is 19.8 Å². The fourth-order valence-electron chi connectivity index (χ4n) is 2.35. The highest BCUT2D eigenvalue weighted by Gasteiger charge is 2.13. The summed E-state index contributed by atoms with van der Waals surface area (Å²) in [7, 11) is 0. The highest BCUT2D eigenvalue weighted by Crippen LogP contribution is 2.38. The third-order valence-electron chi connectivity index (χ3n) is 3.41. The minimum absolute atomic E-state index is 0.250. The number of fused-ring (bicyclic) bond motifs is 1. The summed E-state index contributed by atoms with van der Waals surface area (Å²) < 4.78 is 7.71. The van der Waals surface area contributed by atoms with Crippen LogP contribution >= 0.6 is 22.7 Å². The molecule has 0 amide bonds. The minimum atomic E-state index is -0.250. The van der Waals surface area contributed by atoms with E-state index in [1.807, 2.05) is 25.1 Å². The van der Waals surface area contributed by atoms with Crippen LogP contribution < -0.4 is 0 Å². The number of thiophene rings is 2. The number of benzene rings is 1. The molecule has 0 aliphatic carbocycles. The maximum absolute atomic E-state index is 11.9. The molecule has 0 fully saturated rings. The second-order valence-corrected chi connectivity index (χ2v) is 6.74. The fraction of sp³-hybridized carbons (Fsp3) is 0.235. The van der Waals surface area contributed by atoms with Crippen LogP contribution in [0.15, 0.2) is 35.7 Å². The highest BCUT2D eigenvalue weighted by molar-refractivity contribution is 7.28. The van der Waals surface area contributed by atoms with E-state index in [-0.39, 0.29) is 5.97 Å². The molecule has 0 N–H and O–H groups in total. The Hall–Kier alpha value is -1.65. The van der Waals surface area contributed by atoms with Gasteiger partial charge in [0.2, 0.25) is 0 Å². The van der Waals surface area contributed by atoms with Gasteiger partial charge in [-0.25, -0.2) is 4.79 Å². The molecule has 0 unspecified atom stereocenters. The summed E-state index contributed by atoms with van der Waals surface area (Å²) in [5.41, 5.74) is 3.04. The van der Waals surface area contributed by atoms with E-state index in [1.54, 1.807) is 22.7 Å². The van der Waals surface area contributed by atoms with Gasteiger partial charge in [0.05, 0.1) is 12.2 Å². The van der Waals surface area contributed by atoms with Gasteiger partial charge in [-0.1, -0.05) is 13.0 Å². The largest absolute Gasteiger partial charge is 0.462 e. The van der Waals surface area contributed by atoms with E-state index in [4.69, 9.17) is 4.74 Å². The molecule has 4 heteroatoms. The molecule has 0 radical (unpaired) electrons. The van der Waals surface area contributed by atoms with E-state index in [2.05, 4.69) is 24.4 Å². The first-order valence-electron chi connectivity index (χ1n) is 7.00. The van der Waals surface area contributed by atoms with Gasteiger partial charge in [0.15, 0.2) is 0 Å². The average molecular weight is 316 g/mol. The normalized spacial score (nSPS) is 11.0. The van der Waals surface area contributed by atoms with Crippen LogP contribution in [-0.2, 0) is 11.2 Å². The van der Waals surface area contributed by atoms with Crippen molar-refractivity contribution >= 4 is 38.0 Å². The first kappa shape index (κ1) is 14.3. The van der Waals surface area contributed by atoms with E-state index in [1.165, 1.54) is 19.8 Å². The zero-order valence-electron chi connectivity index (χ0n) is 12.0. The lowest BCUT2D eigenvalue weighted by molar-refractivity contribution is 0.0526. The summed E-state index contributed by atoms with van der Waals surface area (Å²) >= 11 is 3.53. The monoisotopic (exact) mass is 316 g/mol. The van der Waals surface area contributed by atoms with Gasteiger partial charge in [0.25, 0.3) is 0 Å². The van der Waals surface area contributed by atoms with E-state index in [0.29, 0.717) is 12.2 Å². The molecular weight excluding hydrogens is 300 g/mol. The van der Waals surface area contributed by atoms with Gasteiger partial charge in [-0.15, -0.1) is 22.7 Å². The molecule has 0 aliphatic rings. The first-order chi connectivity index (χ1) is 10.2. The van der Waals surface area contributed by atoms with Gasteiger partial charge < -0.3 is 4.74 Å². The van der Waals surface area contributed by atoms with Crippen molar-refractivity contribution < 1.29 is 9.53 Å². The van der Waals surface area contributed by atoms with Crippen molar-refractivity contribution in [2.24, 2.45) is 0 Å². The molecule has 0 saturated carbocycles. The van der Waals surface area contributed by atoms with Crippen molar-refractivity contribution in [3.05, 3.63) is 46.8 Å². The van der Waals surface area contributed by atoms with Crippen molar-refractivity contribution in [3.63, 3.8) is 0 Å². The molecule has 3 aromatic rings. The quantitative estimate of drug-likeness (QED) is 0.605. The van der Waals surface area contributed by atoms with Crippen molar-refractivity contribution in [2.45, 2.75) is 20.3 Å². The van der Waals surface area contributed by atoms with Crippen molar-refractivity contribution in [3.8, 4) is 10.4 Å². The Balaban J connectivity index is 2.08. The topological polar surface area (TPSA) is 26.3 Å². The number of rotatable bonds is 4. The van der Waals surface area contributed by atoms with Gasteiger partial charge in [-0.3, -0.25) is 0 Å². The summed E-state index contributed by atoms with van der Waals surface area (Å²) in [5.74, 6) is -0.250. The number of carbonyl (C=O) groups is 1. The second-order valence-electron chi connectivity index (χ2n) is 4.71. The lowest BCUT2D eigenvalue weighted by Crippen LogP contribution is -2.05. The number of hydrogen-bond donors (Lipinski definition) is 0. The lowest BCUT2D eigenvalue weighted by atomic mass is 10.0. The molecule has 3 rings (SSSR count). The summed E-state index contributed by atoms with van der Waals surface area (Å²) in [4.78, 5) is 13.2. The number of ether oxygens (including phenoxy) is 1. The van der Waals surface area contributed by atoms with Crippen LogP contribution in [-0.4, -0.2) is 12.6 Å². The third-order valence-corrected chi connectivity index (χ3v) is 5.53. The van der Waals surface area contributed by atoms with Crippen LogP contribution in [0.4, 0.5) is 0 Å². The second kappa shape index (κ2) is 6.00. The SMILES string of the molecule is CCOC(=O)c1ccc(CC)c(-c2cc3sccc3s2)c1. The zero-order valence-corrected chi connectivity index (χ0v) is 13.6. The maximum atomic E-state index is 11.9. The Labute approximate surface area is 132 Å². The number of esters is 1. The predicted molar refractivity (Wildman–Crippen MR) is 90.5 cm³/mol. The van der Waals surface area contributed by atoms with Crippen molar-refractivity contribution in [2.75, 3.05) is 6.61 Å². The molecule has 0 bridgehead atoms. The molecule has 108 valence electrons. The average Bonchev–Trinajstić information content (AvgIpc) is 3.08. The Kier molecular flexibility index (Phi) is 4.08. The lowest BCUT2D eigenvalue weighted by Gasteiger charge is -2.09. The smallest absolute Gasteiger partial charge is 0.338 e. The first-order valence-corrected chi connectivity index (χ1v) is 8.70. The van der Waals surface area contributed by atoms with Crippen molar-refractivity contribution in [1.29, 1.82) is 0 Å². The van der Waals surface area contributed by atoms with Gasteiger partial charge in [0, 0.05) is 14.3 Å². The van der Waals surface area contributed by atoms with E-state index in [0.717, 1.165) is 12.0 Å². The van der Waals surface area contributed by atoms with E-state index in [9.17, 15) is 4.79 Å². The zero-order chi connectivity index (χ0) is 14.8.